The number of aliphatic hydroxyl groups excluding tert-OH is 1. The van der Waals surface area contributed by atoms with Gasteiger partial charge in [-0.25, -0.2) is 0 Å². The Bertz CT molecular complexity index is 954. The predicted octanol–water partition coefficient (Wildman–Crippen LogP) is 5.26. The number of fused-ring (bicyclic) bond motifs is 3. The number of hydrogen-bond acceptors (Lipinski definition) is 2. The highest BCUT2D eigenvalue weighted by Gasteiger charge is 2.21. The summed E-state index contributed by atoms with van der Waals surface area (Å²) in [6, 6.07) is 11.3. The van der Waals surface area contributed by atoms with Crippen molar-refractivity contribution in [3.8, 4) is 0 Å². The van der Waals surface area contributed by atoms with Crippen molar-refractivity contribution in [2.75, 3.05) is 19.6 Å². The third-order valence-corrected chi connectivity index (χ3v) is 6.05. The molecule has 0 spiro atoms. The normalized spacial score (nSPS) is 16.5. The number of β-amino-alcohol motifs (C(OH)–C–C–N with tert-alkyl or cyclic N) is 1. The molecule has 0 aliphatic carbocycles. The molecule has 6 heteroatoms. The van der Waals surface area contributed by atoms with Crippen molar-refractivity contribution in [2.24, 2.45) is 0 Å². The first-order valence-corrected chi connectivity index (χ1v) is 9.79. The first-order chi connectivity index (χ1) is 12.5. The molecule has 1 atom stereocenters. The van der Waals surface area contributed by atoms with E-state index in [0.717, 1.165) is 42.0 Å². The van der Waals surface area contributed by atoms with Gasteiger partial charge in [0.15, 0.2) is 0 Å². The van der Waals surface area contributed by atoms with E-state index in [1.807, 2.05) is 24.3 Å². The zero-order valence-electron chi connectivity index (χ0n) is 14.1. The minimum atomic E-state index is -0.590. The molecule has 26 heavy (non-hydrogen) atoms. The second-order valence-corrected chi connectivity index (χ2v) is 8.01. The van der Waals surface area contributed by atoms with Gasteiger partial charge in [-0.15, -0.1) is 0 Å². The summed E-state index contributed by atoms with van der Waals surface area (Å²) in [5, 5.41) is 13.5. The third-order valence-electron chi connectivity index (χ3n) is 5.07. The summed E-state index contributed by atoms with van der Waals surface area (Å²) in [4.78, 5) is 5.81. The van der Waals surface area contributed by atoms with Gasteiger partial charge >= 0.3 is 0 Å². The number of nitrogens with one attached hydrogen (secondary N) is 1. The molecule has 0 saturated heterocycles. The second-order valence-electron chi connectivity index (χ2n) is 6.76. The maximum atomic E-state index is 10.6. The van der Waals surface area contributed by atoms with Crippen LogP contribution in [0.15, 0.2) is 36.4 Å². The fourth-order valence-electron chi connectivity index (χ4n) is 3.68. The van der Waals surface area contributed by atoms with Gasteiger partial charge in [0.05, 0.1) is 16.1 Å². The summed E-state index contributed by atoms with van der Waals surface area (Å²) in [6.07, 6.45) is 1.27. The Hall–Kier alpha value is -1.23. The zero-order chi connectivity index (χ0) is 18.3. The fraction of sp³-hybridized carbons (Fsp3) is 0.300. The van der Waals surface area contributed by atoms with Gasteiger partial charge in [-0.3, -0.25) is 4.90 Å². The zero-order valence-corrected chi connectivity index (χ0v) is 16.4. The van der Waals surface area contributed by atoms with E-state index in [2.05, 4.69) is 9.88 Å². The van der Waals surface area contributed by atoms with E-state index in [-0.39, 0.29) is 0 Å². The molecule has 3 aromatic rings. The lowest BCUT2D eigenvalue weighted by Gasteiger charge is -2.23. The maximum absolute atomic E-state index is 10.6. The van der Waals surface area contributed by atoms with Gasteiger partial charge in [0.1, 0.15) is 0 Å². The topological polar surface area (TPSA) is 39.3 Å². The molecule has 1 aromatic heterocycles. The van der Waals surface area contributed by atoms with Crippen LogP contribution in [0, 0.1) is 0 Å². The van der Waals surface area contributed by atoms with Crippen molar-refractivity contribution in [1.82, 2.24) is 9.88 Å². The van der Waals surface area contributed by atoms with Gasteiger partial charge in [-0.1, -0.05) is 40.9 Å². The summed E-state index contributed by atoms with van der Waals surface area (Å²) in [6.45, 7) is 2.36. The van der Waals surface area contributed by atoms with Crippen LogP contribution in [0.5, 0.6) is 0 Å². The largest absolute Gasteiger partial charge is 0.387 e. The van der Waals surface area contributed by atoms with Gasteiger partial charge in [-0.2, -0.15) is 0 Å². The van der Waals surface area contributed by atoms with E-state index in [9.17, 15) is 5.11 Å². The standard InChI is InChI=1S/C20H19Cl3N2O/c21-13-2-4-18-15(10-13)14-5-7-25(8-6-19(14)24-18)11-20(26)12-1-3-16(22)17(23)9-12/h1-4,9-10,20,24,26H,5-8,11H2. The molecule has 0 saturated carbocycles. The van der Waals surface area contributed by atoms with Crippen molar-refractivity contribution in [2.45, 2.75) is 18.9 Å². The molecule has 3 nitrogen and oxygen atoms in total. The third kappa shape index (κ3) is 3.60. The maximum Gasteiger partial charge on any atom is 0.0917 e. The molecule has 0 fully saturated rings. The number of hydrogen-bond donors (Lipinski definition) is 2. The van der Waals surface area contributed by atoms with Gasteiger partial charge in [0, 0.05) is 47.7 Å². The molecule has 4 rings (SSSR count). The van der Waals surface area contributed by atoms with Gasteiger partial charge in [0.25, 0.3) is 0 Å². The average Bonchev–Trinajstić information content (AvgIpc) is 2.84. The van der Waals surface area contributed by atoms with E-state index in [0.29, 0.717) is 16.6 Å². The molecule has 0 amide bonds. The number of halogens is 3. The number of rotatable bonds is 3. The SMILES string of the molecule is OC(CN1CCc2[nH]c3ccc(Cl)cc3c2CC1)c1ccc(Cl)c(Cl)c1. The molecule has 2 N–H and O–H groups in total. The molecule has 136 valence electrons. The van der Waals surface area contributed by atoms with Crippen LogP contribution in [-0.2, 0) is 12.8 Å². The van der Waals surface area contributed by atoms with Crippen LogP contribution in [0.4, 0.5) is 0 Å². The van der Waals surface area contributed by atoms with Crippen molar-refractivity contribution in [3.63, 3.8) is 0 Å². The number of aromatic nitrogens is 1. The lowest BCUT2D eigenvalue weighted by molar-refractivity contribution is 0.115. The van der Waals surface area contributed by atoms with E-state index >= 15 is 0 Å². The number of benzene rings is 2. The van der Waals surface area contributed by atoms with E-state index in [4.69, 9.17) is 34.8 Å². The van der Waals surface area contributed by atoms with Crippen LogP contribution in [0.2, 0.25) is 15.1 Å². The molecule has 2 aromatic carbocycles. The van der Waals surface area contributed by atoms with Crippen LogP contribution < -0.4 is 0 Å². The summed E-state index contributed by atoms with van der Waals surface area (Å²) in [7, 11) is 0. The van der Waals surface area contributed by atoms with Gasteiger partial charge < -0.3 is 10.1 Å². The number of H-pyrrole nitrogens is 1. The highest BCUT2D eigenvalue weighted by atomic mass is 35.5. The van der Waals surface area contributed by atoms with Crippen LogP contribution in [0.1, 0.15) is 22.9 Å². The highest BCUT2D eigenvalue weighted by molar-refractivity contribution is 6.42. The van der Waals surface area contributed by atoms with Crippen molar-refractivity contribution in [1.29, 1.82) is 0 Å². The summed E-state index contributed by atoms with van der Waals surface area (Å²) in [5.74, 6) is 0. The average molecular weight is 410 g/mol. The molecular formula is C20H19Cl3N2O. The Morgan fingerprint density at radius 3 is 2.62 bits per heavy atom. The fourth-order valence-corrected chi connectivity index (χ4v) is 4.16. The molecule has 0 bridgehead atoms. The van der Waals surface area contributed by atoms with Crippen molar-refractivity contribution in [3.05, 3.63) is 68.3 Å². The number of aliphatic hydroxyl groups is 1. The molecule has 0 radical (unpaired) electrons. The lowest BCUT2D eigenvalue weighted by atomic mass is 10.1. The summed E-state index contributed by atoms with van der Waals surface area (Å²) >= 11 is 18.2. The Morgan fingerprint density at radius 2 is 1.81 bits per heavy atom. The van der Waals surface area contributed by atoms with E-state index in [1.54, 1.807) is 12.1 Å². The minimum absolute atomic E-state index is 0.470. The Morgan fingerprint density at radius 1 is 1.00 bits per heavy atom. The predicted molar refractivity (Wildman–Crippen MR) is 109 cm³/mol. The Balaban J connectivity index is 1.48. The molecule has 1 aliphatic heterocycles. The minimum Gasteiger partial charge on any atom is -0.387 e. The first kappa shape index (κ1) is 18.1. The monoisotopic (exact) mass is 408 g/mol. The number of aromatic amines is 1. The number of nitrogens with zero attached hydrogens (tertiary/aromatic N) is 1. The first-order valence-electron chi connectivity index (χ1n) is 8.65. The van der Waals surface area contributed by atoms with Crippen LogP contribution in [0.25, 0.3) is 10.9 Å². The molecule has 2 heterocycles. The smallest absolute Gasteiger partial charge is 0.0917 e. The lowest BCUT2D eigenvalue weighted by Crippen LogP contribution is -2.31. The van der Waals surface area contributed by atoms with Crippen molar-refractivity contribution < 1.29 is 5.11 Å². The van der Waals surface area contributed by atoms with Crippen LogP contribution in [0.3, 0.4) is 0 Å². The summed E-state index contributed by atoms with van der Waals surface area (Å²) < 4.78 is 0. The highest BCUT2D eigenvalue weighted by Crippen LogP contribution is 2.29. The Kier molecular flexibility index (Phi) is 5.18. The van der Waals surface area contributed by atoms with E-state index < -0.39 is 6.10 Å². The van der Waals surface area contributed by atoms with Crippen LogP contribution in [-0.4, -0.2) is 34.6 Å². The van der Waals surface area contributed by atoms with E-state index in [1.165, 1.54) is 16.6 Å². The van der Waals surface area contributed by atoms with Gasteiger partial charge in [-0.05, 0) is 47.9 Å². The molecule has 1 unspecified atom stereocenters. The second kappa shape index (κ2) is 7.41. The van der Waals surface area contributed by atoms with Gasteiger partial charge in [0.2, 0.25) is 0 Å². The summed E-state index contributed by atoms with van der Waals surface area (Å²) in [5.41, 5.74) is 4.55. The quantitative estimate of drug-likeness (QED) is 0.619. The molecular weight excluding hydrogens is 391 g/mol. The van der Waals surface area contributed by atoms with Crippen LogP contribution >= 0.6 is 34.8 Å². The molecule has 1 aliphatic rings. The Labute approximate surface area is 167 Å². The van der Waals surface area contributed by atoms with Crippen molar-refractivity contribution >= 4 is 45.7 Å².